The van der Waals surface area contributed by atoms with E-state index in [0.29, 0.717) is 0 Å². The van der Waals surface area contributed by atoms with E-state index in [-0.39, 0.29) is 28.0 Å². The van der Waals surface area contributed by atoms with E-state index < -0.39 is 45.8 Å². The molecular weight excluding hydrogens is 427 g/mol. The summed E-state index contributed by atoms with van der Waals surface area (Å²) in [6.07, 6.45) is 0. The van der Waals surface area contributed by atoms with Gasteiger partial charge in [0.2, 0.25) is 10.0 Å². The highest BCUT2D eigenvalue weighted by Crippen LogP contribution is 2.37. The Morgan fingerprint density at radius 1 is 1.03 bits per heavy atom. The van der Waals surface area contributed by atoms with Gasteiger partial charge in [0.25, 0.3) is 0 Å². The molecule has 31 heavy (non-hydrogen) atoms. The van der Waals surface area contributed by atoms with Crippen LogP contribution >= 0.6 is 0 Å². The van der Waals surface area contributed by atoms with Gasteiger partial charge in [-0.2, -0.15) is 0 Å². The summed E-state index contributed by atoms with van der Waals surface area (Å²) in [6, 6.07) is 6.99. The Morgan fingerprint density at radius 2 is 1.58 bits per heavy atom. The summed E-state index contributed by atoms with van der Waals surface area (Å²) in [5, 5.41) is 0. The molecule has 0 atom stereocenters. The number of anilines is 1. The second-order valence-corrected chi connectivity index (χ2v) is 10.4. The number of sulfonamides is 1. The summed E-state index contributed by atoms with van der Waals surface area (Å²) in [5.74, 6) is -2.27. The number of nitrogens with one attached hydrogen (secondary N) is 1. The molecule has 1 saturated heterocycles. The van der Waals surface area contributed by atoms with Crippen molar-refractivity contribution in [2.24, 2.45) is 0 Å². The number of benzene rings is 2. The van der Waals surface area contributed by atoms with Crippen LogP contribution in [0.4, 0.5) is 14.5 Å². The SMILES string of the molecule is CCS(=O)(=O)Nc1cc(B2OC(C)(C)C(C)(C)O2)c(C(=O)c2ccc(F)cc2)cc1F. The van der Waals surface area contributed by atoms with Gasteiger partial charge in [0.05, 0.1) is 22.6 Å². The summed E-state index contributed by atoms with van der Waals surface area (Å²) in [4.78, 5) is 13.1. The maximum atomic E-state index is 14.8. The van der Waals surface area contributed by atoms with Gasteiger partial charge in [-0.1, -0.05) is 0 Å². The van der Waals surface area contributed by atoms with E-state index in [1.54, 1.807) is 0 Å². The van der Waals surface area contributed by atoms with Crippen molar-refractivity contribution in [1.82, 2.24) is 0 Å². The van der Waals surface area contributed by atoms with Crippen molar-refractivity contribution in [2.45, 2.75) is 45.8 Å². The highest BCUT2D eigenvalue weighted by molar-refractivity contribution is 7.92. The van der Waals surface area contributed by atoms with Crippen LogP contribution in [0.3, 0.4) is 0 Å². The average Bonchev–Trinajstić information content (AvgIpc) is 2.90. The van der Waals surface area contributed by atoms with E-state index >= 15 is 0 Å². The quantitative estimate of drug-likeness (QED) is 0.539. The fourth-order valence-corrected chi connectivity index (χ4v) is 3.66. The van der Waals surface area contributed by atoms with Crippen LogP contribution < -0.4 is 10.2 Å². The third-order valence-corrected chi connectivity index (χ3v) is 6.93. The lowest BCUT2D eigenvalue weighted by Gasteiger charge is -2.32. The van der Waals surface area contributed by atoms with Crippen molar-refractivity contribution in [3.63, 3.8) is 0 Å². The zero-order chi connectivity index (χ0) is 23.2. The second kappa shape index (κ2) is 8.00. The van der Waals surface area contributed by atoms with Gasteiger partial charge in [0, 0.05) is 11.1 Å². The van der Waals surface area contributed by atoms with Gasteiger partial charge < -0.3 is 9.31 Å². The highest BCUT2D eigenvalue weighted by Gasteiger charge is 2.52. The number of hydrogen-bond acceptors (Lipinski definition) is 5. The largest absolute Gasteiger partial charge is 0.495 e. The average molecular weight is 451 g/mol. The lowest BCUT2D eigenvalue weighted by atomic mass is 9.74. The topological polar surface area (TPSA) is 81.7 Å². The Labute approximate surface area is 181 Å². The first kappa shape index (κ1) is 23.4. The van der Waals surface area contributed by atoms with Crippen LogP contribution in [0.2, 0.25) is 0 Å². The molecule has 0 amide bonds. The van der Waals surface area contributed by atoms with Crippen LogP contribution in [-0.2, 0) is 19.3 Å². The third kappa shape index (κ3) is 4.66. The summed E-state index contributed by atoms with van der Waals surface area (Å²) in [5.41, 5.74) is -1.57. The van der Waals surface area contributed by atoms with Crippen molar-refractivity contribution >= 4 is 34.1 Å². The van der Waals surface area contributed by atoms with Gasteiger partial charge in [0.15, 0.2) is 5.78 Å². The molecule has 0 unspecified atom stereocenters. The predicted molar refractivity (Wildman–Crippen MR) is 115 cm³/mol. The van der Waals surface area contributed by atoms with Gasteiger partial charge in [-0.25, -0.2) is 17.2 Å². The Kier molecular flexibility index (Phi) is 6.03. The van der Waals surface area contributed by atoms with Crippen LogP contribution in [0, 0.1) is 11.6 Å². The molecule has 6 nitrogen and oxygen atoms in total. The van der Waals surface area contributed by atoms with Crippen molar-refractivity contribution in [2.75, 3.05) is 10.5 Å². The van der Waals surface area contributed by atoms with Gasteiger partial charge in [-0.05, 0) is 76.5 Å². The standard InChI is InChI=1S/C21H24BF2NO5S/c1-6-31(27,28)25-18-12-16(22-29-20(2,3)21(4,5)30-22)15(11-17(18)24)19(26)13-7-9-14(23)10-8-13/h7-12,25H,6H2,1-5H3. The minimum atomic E-state index is -3.77. The fraction of sp³-hybridized carbons (Fsp3) is 0.381. The predicted octanol–water partition coefficient (Wildman–Crippen LogP) is 3.26. The second-order valence-electron chi connectivity index (χ2n) is 8.35. The minimum absolute atomic E-state index is 0.0675. The summed E-state index contributed by atoms with van der Waals surface area (Å²) in [7, 11) is -4.82. The molecule has 0 aromatic heterocycles. The Morgan fingerprint density at radius 3 is 2.10 bits per heavy atom. The van der Waals surface area contributed by atoms with E-state index in [4.69, 9.17) is 9.31 Å². The molecule has 1 fully saturated rings. The molecule has 2 aromatic rings. The lowest BCUT2D eigenvalue weighted by Crippen LogP contribution is -2.41. The van der Waals surface area contributed by atoms with Crippen LogP contribution in [0.25, 0.3) is 0 Å². The number of carbonyl (C=O) groups excluding carboxylic acids is 1. The molecular formula is C21H24BF2NO5S. The zero-order valence-corrected chi connectivity index (χ0v) is 18.8. The van der Waals surface area contributed by atoms with Gasteiger partial charge >= 0.3 is 7.12 Å². The maximum absolute atomic E-state index is 14.8. The summed E-state index contributed by atoms with van der Waals surface area (Å²) >= 11 is 0. The maximum Gasteiger partial charge on any atom is 0.495 e. The van der Waals surface area contributed by atoms with Gasteiger partial charge in [-0.3, -0.25) is 9.52 Å². The number of carbonyl (C=O) groups is 1. The Hall–Kier alpha value is -2.30. The van der Waals surface area contributed by atoms with E-state index in [2.05, 4.69) is 4.72 Å². The molecule has 1 N–H and O–H groups in total. The lowest BCUT2D eigenvalue weighted by molar-refractivity contribution is 0.00578. The van der Waals surface area contributed by atoms with Crippen molar-refractivity contribution in [3.8, 4) is 0 Å². The van der Waals surface area contributed by atoms with Gasteiger partial charge in [0.1, 0.15) is 11.6 Å². The van der Waals surface area contributed by atoms with Crippen LogP contribution in [0.1, 0.15) is 50.5 Å². The number of ketones is 1. The summed E-state index contributed by atoms with van der Waals surface area (Å²) < 4.78 is 66.3. The molecule has 0 radical (unpaired) electrons. The molecule has 2 aromatic carbocycles. The monoisotopic (exact) mass is 451 g/mol. The smallest absolute Gasteiger partial charge is 0.399 e. The van der Waals surface area contributed by atoms with E-state index in [0.717, 1.165) is 18.2 Å². The summed E-state index contributed by atoms with van der Waals surface area (Å²) in [6.45, 7) is 8.69. The van der Waals surface area contributed by atoms with Crippen LogP contribution in [0.5, 0.6) is 0 Å². The van der Waals surface area contributed by atoms with E-state index in [1.165, 1.54) is 25.1 Å². The molecule has 1 aliphatic rings. The molecule has 3 rings (SSSR count). The third-order valence-electron chi connectivity index (χ3n) is 5.64. The molecule has 1 heterocycles. The fourth-order valence-electron chi connectivity index (χ4n) is 3.03. The van der Waals surface area contributed by atoms with Crippen molar-refractivity contribution in [1.29, 1.82) is 0 Å². The first-order valence-electron chi connectivity index (χ1n) is 9.76. The van der Waals surface area contributed by atoms with Crippen molar-refractivity contribution < 1.29 is 31.3 Å². The first-order chi connectivity index (χ1) is 14.3. The van der Waals surface area contributed by atoms with E-state index in [1.807, 2.05) is 27.7 Å². The number of halogens is 2. The molecule has 0 aliphatic carbocycles. The van der Waals surface area contributed by atoms with Gasteiger partial charge in [-0.15, -0.1) is 0 Å². The molecule has 0 spiro atoms. The highest BCUT2D eigenvalue weighted by atomic mass is 32.2. The first-order valence-corrected chi connectivity index (χ1v) is 11.4. The molecule has 1 aliphatic heterocycles. The van der Waals surface area contributed by atoms with Crippen LogP contribution in [0.15, 0.2) is 36.4 Å². The van der Waals surface area contributed by atoms with Crippen LogP contribution in [-0.4, -0.2) is 38.3 Å². The number of hydrogen-bond donors (Lipinski definition) is 1. The molecule has 0 bridgehead atoms. The zero-order valence-electron chi connectivity index (χ0n) is 18.0. The normalized spacial score (nSPS) is 17.6. The molecule has 10 heteroatoms. The minimum Gasteiger partial charge on any atom is -0.399 e. The number of rotatable bonds is 6. The van der Waals surface area contributed by atoms with E-state index in [9.17, 15) is 22.0 Å². The molecule has 166 valence electrons. The van der Waals surface area contributed by atoms with Crippen molar-refractivity contribution in [3.05, 3.63) is 59.2 Å². The molecule has 0 saturated carbocycles. The Bertz CT molecular complexity index is 1100. The Balaban J connectivity index is 2.14.